The summed E-state index contributed by atoms with van der Waals surface area (Å²) >= 11 is 0. The third kappa shape index (κ3) is 1.51. The summed E-state index contributed by atoms with van der Waals surface area (Å²) in [5.74, 6) is 0.580. The highest BCUT2D eigenvalue weighted by atomic mass is 16.5. The minimum absolute atomic E-state index is 0.0166. The van der Waals surface area contributed by atoms with Gasteiger partial charge in [0.2, 0.25) is 0 Å². The van der Waals surface area contributed by atoms with Crippen LogP contribution in [0.5, 0.6) is 5.75 Å². The fraction of sp³-hybridized carbons (Fsp3) is 0.333. The Kier molecular flexibility index (Phi) is 2.25. The summed E-state index contributed by atoms with van der Waals surface area (Å²) < 4.78 is 4.88. The lowest BCUT2D eigenvalue weighted by molar-refractivity contribution is 0.453. The van der Waals surface area contributed by atoms with Crippen LogP contribution in [0.1, 0.15) is 12.5 Å². The molecule has 0 amide bonds. The van der Waals surface area contributed by atoms with E-state index in [2.05, 4.69) is 9.98 Å². The number of rotatable bonds is 2. The zero-order chi connectivity index (χ0) is 10.1. The quantitative estimate of drug-likeness (QED) is 0.637. The van der Waals surface area contributed by atoms with Gasteiger partial charge >= 0.3 is 7.69 Å². The minimum atomic E-state index is -0.0166. The molecule has 0 saturated heterocycles. The van der Waals surface area contributed by atoms with Crippen molar-refractivity contribution in [2.24, 2.45) is 9.98 Å². The van der Waals surface area contributed by atoms with Gasteiger partial charge in [-0.2, -0.15) is 0 Å². The topological polar surface area (TPSA) is 54.2 Å². The van der Waals surface area contributed by atoms with Crippen LogP contribution in [0.15, 0.2) is 22.1 Å². The summed E-state index contributed by atoms with van der Waals surface area (Å²) in [5, 5.41) is 10.3. The number of aryl methyl sites for hydroxylation is 1. The molecular weight excluding hydrogens is 179 g/mol. The maximum absolute atomic E-state index is 8.51. The smallest absolute Gasteiger partial charge is 0.537 e. The minimum Gasteiger partial charge on any atom is -0.537 e. The van der Waals surface area contributed by atoms with E-state index in [1.807, 2.05) is 19.9 Å². The highest BCUT2D eigenvalue weighted by Gasteiger charge is 2.08. The summed E-state index contributed by atoms with van der Waals surface area (Å²) in [5.41, 5.74) is 1.01. The monoisotopic (exact) mass is 189 g/mol. The Labute approximate surface area is 82.3 Å². The van der Waals surface area contributed by atoms with Gasteiger partial charge < -0.3 is 9.68 Å². The third-order valence-corrected chi connectivity index (χ3v) is 2.08. The van der Waals surface area contributed by atoms with Crippen molar-refractivity contribution in [2.75, 3.05) is 0 Å². The molecule has 1 heterocycles. The third-order valence-electron chi connectivity index (χ3n) is 2.08. The molecule has 1 unspecified atom stereocenters. The van der Waals surface area contributed by atoms with Gasteiger partial charge in [0.1, 0.15) is 11.9 Å². The van der Waals surface area contributed by atoms with Gasteiger partial charge in [-0.25, -0.2) is 0 Å². The Morgan fingerprint density at radius 3 is 2.93 bits per heavy atom. The molecule has 1 aromatic rings. The van der Waals surface area contributed by atoms with E-state index < -0.39 is 0 Å². The van der Waals surface area contributed by atoms with E-state index in [1.54, 1.807) is 6.07 Å². The molecule has 4 nitrogen and oxygen atoms in total. The van der Waals surface area contributed by atoms with E-state index in [4.69, 9.17) is 9.68 Å². The van der Waals surface area contributed by atoms with Crippen molar-refractivity contribution in [3.05, 3.63) is 28.4 Å². The van der Waals surface area contributed by atoms with E-state index in [0.29, 0.717) is 13.4 Å². The number of nitrogens with zero attached hydrogens (tertiary/aromatic N) is 2. The Hall–Kier alpha value is -1.36. The van der Waals surface area contributed by atoms with Crippen LogP contribution in [0.2, 0.25) is 0 Å². The molecule has 5 heteroatoms. The highest BCUT2D eigenvalue weighted by Crippen LogP contribution is 2.07. The van der Waals surface area contributed by atoms with Crippen LogP contribution in [0.4, 0.5) is 0 Å². The first-order valence-electron chi connectivity index (χ1n) is 4.39. The summed E-state index contributed by atoms with van der Waals surface area (Å²) in [4.78, 5) is 8.67. The summed E-state index contributed by atoms with van der Waals surface area (Å²) in [6.07, 6.45) is -0.0166. The average Bonchev–Trinajstić information content (AvgIpc) is 2.47. The molecule has 2 rings (SSSR count). The van der Waals surface area contributed by atoms with Gasteiger partial charge in [0.05, 0.1) is 10.7 Å². The van der Waals surface area contributed by atoms with E-state index >= 15 is 0 Å². The normalized spacial score (nSPS) is 18.1. The van der Waals surface area contributed by atoms with Gasteiger partial charge in [-0.05, 0) is 25.5 Å². The Bertz CT molecular complexity index is 472. The van der Waals surface area contributed by atoms with Crippen LogP contribution in [0, 0.1) is 6.92 Å². The first-order chi connectivity index (χ1) is 6.70. The van der Waals surface area contributed by atoms with E-state index in [0.717, 1.165) is 16.3 Å². The Morgan fingerprint density at radius 1 is 1.43 bits per heavy atom. The largest absolute Gasteiger partial charge is 0.569 e. The van der Waals surface area contributed by atoms with Gasteiger partial charge in [0.25, 0.3) is 0 Å². The van der Waals surface area contributed by atoms with Crippen molar-refractivity contribution in [1.29, 1.82) is 0 Å². The average molecular weight is 189 g/mol. The first kappa shape index (κ1) is 9.21. The molecule has 1 aliphatic heterocycles. The molecule has 1 radical (unpaired) electrons. The maximum Gasteiger partial charge on any atom is 0.569 e. The standard InChI is InChI=1S/C9H10BN2O2/c1-5-3-7(14-10-13)4-8-9(5)12-6(2)11-8/h3-4,6,13H,1-2H3. The van der Waals surface area contributed by atoms with Gasteiger partial charge in [-0.3, -0.25) is 9.98 Å². The molecule has 1 aliphatic rings. The van der Waals surface area contributed by atoms with Crippen LogP contribution in [-0.2, 0) is 0 Å². The van der Waals surface area contributed by atoms with Crippen LogP contribution >= 0.6 is 0 Å². The molecule has 1 N–H and O–H groups in total. The molecule has 0 aromatic heterocycles. The van der Waals surface area contributed by atoms with Crippen molar-refractivity contribution < 1.29 is 9.68 Å². The molecule has 14 heavy (non-hydrogen) atoms. The van der Waals surface area contributed by atoms with Gasteiger partial charge in [0.15, 0.2) is 0 Å². The predicted octanol–water partition coefficient (Wildman–Crippen LogP) is -0.501. The molecule has 1 atom stereocenters. The molecule has 71 valence electrons. The van der Waals surface area contributed by atoms with Crippen molar-refractivity contribution in [3.63, 3.8) is 0 Å². The summed E-state index contributed by atoms with van der Waals surface area (Å²) in [6.45, 7) is 3.87. The first-order valence-corrected chi connectivity index (χ1v) is 4.39. The lowest BCUT2D eigenvalue weighted by Gasteiger charge is -2.01. The fourth-order valence-electron chi connectivity index (χ4n) is 1.54. The van der Waals surface area contributed by atoms with Crippen LogP contribution in [0.3, 0.4) is 0 Å². The van der Waals surface area contributed by atoms with Crippen LogP contribution < -0.4 is 15.4 Å². The fourth-order valence-corrected chi connectivity index (χ4v) is 1.54. The predicted molar refractivity (Wildman–Crippen MR) is 51.6 cm³/mol. The molecular formula is C9H10BN2O2. The Morgan fingerprint density at radius 2 is 2.21 bits per heavy atom. The van der Waals surface area contributed by atoms with Crippen molar-refractivity contribution >= 4 is 7.69 Å². The van der Waals surface area contributed by atoms with E-state index in [9.17, 15) is 0 Å². The molecule has 0 bridgehead atoms. The lowest BCUT2D eigenvalue weighted by atomic mass is 10.2. The number of fused-ring (bicyclic) bond motifs is 1. The molecule has 0 saturated carbocycles. The van der Waals surface area contributed by atoms with E-state index in [-0.39, 0.29) is 6.17 Å². The summed E-state index contributed by atoms with van der Waals surface area (Å²) in [7, 11) is 0.663. The molecule has 1 aromatic carbocycles. The van der Waals surface area contributed by atoms with Crippen LogP contribution in [-0.4, -0.2) is 18.9 Å². The van der Waals surface area contributed by atoms with Crippen molar-refractivity contribution in [3.8, 4) is 5.75 Å². The zero-order valence-corrected chi connectivity index (χ0v) is 8.06. The second kappa shape index (κ2) is 3.42. The zero-order valence-electron chi connectivity index (χ0n) is 8.06. The van der Waals surface area contributed by atoms with Gasteiger partial charge in [-0.15, -0.1) is 0 Å². The lowest BCUT2D eigenvalue weighted by Crippen LogP contribution is -2.25. The highest BCUT2D eigenvalue weighted by molar-refractivity contribution is 6.17. The Balaban J connectivity index is 2.58. The maximum atomic E-state index is 8.51. The molecule has 0 fully saturated rings. The van der Waals surface area contributed by atoms with E-state index in [1.165, 1.54) is 0 Å². The van der Waals surface area contributed by atoms with Gasteiger partial charge in [-0.1, -0.05) is 0 Å². The number of benzene rings is 1. The van der Waals surface area contributed by atoms with Crippen molar-refractivity contribution in [1.82, 2.24) is 0 Å². The second-order valence-electron chi connectivity index (χ2n) is 3.22. The molecule has 0 aliphatic carbocycles. The SMILES string of the molecule is Cc1cc(O[B]O)cc2c1=NC(C)N=2. The van der Waals surface area contributed by atoms with Crippen molar-refractivity contribution in [2.45, 2.75) is 20.0 Å². The molecule has 0 spiro atoms. The second-order valence-corrected chi connectivity index (χ2v) is 3.22. The van der Waals surface area contributed by atoms with Crippen LogP contribution in [0.25, 0.3) is 0 Å². The number of hydrogen-bond acceptors (Lipinski definition) is 4. The summed E-state index contributed by atoms with van der Waals surface area (Å²) in [6, 6.07) is 3.59. The van der Waals surface area contributed by atoms with Gasteiger partial charge in [0, 0.05) is 6.07 Å². The number of hydrogen-bond donors (Lipinski definition) is 1.